The SMILES string of the molecule is CC(C)(C)c1cc2c(cc1-c1ccccc1)Cc1c-2cc(C(C)(C)C)c(-c2ccccc2)[c]1[Zr+2](=[C](c1ccc(Cl)cc1)c1cccc2ccccc12)[CH]1C=CC=C1.[Cl-].[Cl-]. The van der Waals surface area contributed by atoms with Gasteiger partial charge < -0.3 is 24.8 Å². The van der Waals surface area contributed by atoms with E-state index in [-0.39, 0.29) is 35.6 Å². The van der Waals surface area contributed by atoms with Gasteiger partial charge in [-0.25, -0.2) is 0 Å². The zero-order valence-electron chi connectivity index (χ0n) is 34.6. The third-order valence-corrected chi connectivity index (χ3v) is 20.1. The van der Waals surface area contributed by atoms with Gasteiger partial charge in [-0.3, -0.25) is 0 Å². The second-order valence-electron chi connectivity index (χ2n) is 17.8. The zero-order chi connectivity index (χ0) is 39.5. The third-order valence-electron chi connectivity index (χ3n) is 11.9. The first-order chi connectivity index (χ1) is 27.5. The van der Waals surface area contributed by atoms with E-state index < -0.39 is 21.3 Å². The Labute approximate surface area is 376 Å². The molecule has 4 heteroatoms. The molecule has 0 atom stereocenters. The Morgan fingerprint density at radius 2 is 1.15 bits per heavy atom. The van der Waals surface area contributed by atoms with Crippen molar-refractivity contribution in [2.75, 3.05) is 0 Å². The van der Waals surface area contributed by atoms with Gasteiger partial charge in [0.2, 0.25) is 0 Å². The number of rotatable bonds is 6. The van der Waals surface area contributed by atoms with Gasteiger partial charge in [0.25, 0.3) is 0 Å². The maximum atomic E-state index is 6.67. The fourth-order valence-corrected chi connectivity index (χ4v) is 18.2. The van der Waals surface area contributed by atoms with E-state index in [9.17, 15) is 0 Å². The summed E-state index contributed by atoms with van der Waals surface area (Å²) in [4.78, 5) is 0. The average molecular weight is 908 g/mol. The molecule has 9 rings (SSSR count). The summed E-state index contributed by atoms with van der Waals surface area (Å²) in [5.74, 6) is 0. The van der Waals surface area contributed by atoms with Crippen LogP contribution in [0.5, 0.6) is 0 Å². The van der Waals surface area contributed by atoms with Gasteiger partial charge in [-0.2, -0.15) is 0 Å². The van der Waals surface area contributed by atoms with Crippen LogP contribution >= 0.6 is 11.6 Å². The van der Waals surface area contributed by atoms with Gasteiger partial charge in [-0.1, -0.05) is 0 Å². The monoisotopic (exact) mass is 904 g/mol. The van der Waals surface area contributed by atoms with Crippen molar-refractivity contribution < 1.29 is 46.1 Å². The number of halogens is 3. The Bertz CT molecular complexity index is 2750. The van der Waals surface area contributed by atoms with Crippen molar-refractivity contribution >= 4 is 28.9 Å². The molecule has 7 aromatic carbocycles. The molecular weight excluding hydrogens is 858 g/mol. The van der Waals surface area contributed by atoms with Crippen molar-refractivity contribution in [2.45, 2.75) is 62.4 Å². The van der Waals surface area contributed by atoms with E-state index in [1.54, 1.807) is 3.27 Å². The second-order valence-corrected chi connectivity index (χ2v) is 24.3. The predicted molar refractivity (Wildman–Crippen MR) is 243 cm³/mol. The minimum absolute atomic E-state index is 0. The van der Waals surface area contributed by atoms with Crippen LogP contribution < -0.4 is 28.1 Å². The van der Waals surface area contributed by atoms with Gasteiger partial charge >= 0.3 is 354 Å². The molecule has 2 aliphatic carbocycles. The largest absolute Gasteiger partial charge is 1.00 e. The van der Waals surface area contributed by atoms with Crippen molar-refractivity contribution in [2.24, 2.45) is 0 Å². The number of hydrogen-bond acceptors (Lipinski definition) is 0. The molecule has 0 aromatic heterocycles. The summed E-state index contributed by atoms with van der Waals surface area (Å²) in [5.41, 5.74) is 16.5. The summed E-state index contributed by atoms with van der Waals surface area (Å²) in [7, 11) is 0. The van der Waals surface area contributed by atoms with Crippen LogP contribution in [0.4, 0.5) is 0 Å². The fourth-order valence-electron chi connectivity index (χ4n) is 9.25. The molecule has 2 aliphatic rings. The molecule has 7 aromatic rings. The molecule has 0 nitrogen and oxygen atoms in total. The van der Waals surface area contributed by atoms with Crippen molar-refractivity contribution in [3.63, 3.8) is 0 Å². The summed E-state index contributed by atoms with van der Waals surface area (Å²) in [5, 5.41) is 3.35. The van der Waals surface area contributed by atoms with Gasteiger partial charge in [0.1, 0.15) is 0 Å². The second kappa shape index (κ2) is 17.1. The number of hydrogen-bond donors (Lipinski definition) is 0. The molecule has 0 saturated carbocycles. The summed E-state index contributed by atoms with van der Waals surface area (Å²) in [6.45, 7) is 14.3. The van der Waals surface area contributed by atoms with Crippen molar-refractivity contribution in [3.8, 4) is 33.4 Å². The van der Waals surface area contributed by atoms with E-state index in [0.717, 1.165) is 11.4 Å². The molecular formula is C55H49Cl3Zr. The minimum atomic E-state index is -3.17. The molecule has 294 valence electrons. The van der Waals surface area contributed by atoms with E-state index >= 15 is 0 Å². The van der Waals surface area contributed by atoms with Crippen molar-refractivity contribution in [3.05, 3.63) is 208 Å². The van der Waals surface area contributed by atoms with Crippen LogP contribution in [0, 0.1) is 0 Å². The van der Waals surface area contributed by atoms with Crippen LogP contribution in [-0.2, 0) is 38.5 Å². The molecule has 0 unspecified atom stereocenters. The maximum absolute atomic E-state index is 6.67. The normalized spacial score (nSPS) is 13.4. The van der Waals surface area contributed by atoms with Crippen molar-refractivity contribution in [1.29, 1.82) is 0 Å². The smallest absolute Gasteiger partial charge is 1.00 e. The Kier molecular flexibility index (Phi) is 12.5. The van der Waals surface area contributed by atoms with Crippen LogP contribution in [0.1, 0.15) is 74.9 Å². The number of benzene rings is 7. The van der Waals surface area contributed by atoms with E-state index in [0.29, 0.717) is 3.63 Å². The quantitative estimate of drug-likeness (QED) is 0.157. The molecule has 0 amide bonds. The Morgan fingerprint density at radius 3 is 1.80 bits per heavy atom. The number of fused-ring (bicyclic) bond motifs is 4. The molecule has 0 aliphatic heterocycles. The van der Waals surface area contributed by atoms with Crippen LogP contribution in [0.25, 0.3) is 44.2 Å². The first-order valence-corrected chi connectivity index (χ1v) is 24.6. The standard InChI is InChI=1S/C33H33.C17H11Cl.C5H5.2ClH.Zr/c1-32(2,3)30-20-26-24(18-28(30)22-13-9-7-10-14-22)17-25-19-29(23-15-11-8-12-16-23)31(21-27(25)26)33(4,5)6;18-16-10-8-13(9-11-16)12-15-6-3-5-14-4-1-2-7-17(14)15;1-2-4-5-3-1;;;/h7-16,18,20-21H,17H2,1-6H3;1-11H;1-5H;2*1H;/q;;;;;+2/p-2. The van der Waals surface area contributed by atoms with Gasteiger partial charge in [0.05, 0.1) is 0 Å². The molecule has 0 bridgehead atoms. The van der Waals surface area contributed by atoms with E-state index in [1.165, 1.54) is 80.7 Å². The van der Waals surface area contributed by atoms with E-state index in [4.69, 9.17) is 11.6 Å². The molecule has 0 heterocycles. The van der Waals surface area contributed by atoms with Gasteiger partial charge in [0, 0.05) is 0 Å². The van der Waals surface area contributed by atoms with Crippen molar-refractivity contribution in [1.82, 2.24) is 0 Å². The topological polar surface area (TPSA) is 0 Å². The first kappa shape index (κ1) is 43.0. The summed E-state index contributed by atoms with van der Waals surface area (Å²) in [6, 6.07) is 54.7. The van der Waals surface area contributed by atoms with Gasteiger partial charge in [0.15, 0.2) is 0 Å². The summed E-state index contributed by atoms with van der Waals surface area (Å²) < 4.78 is 3.47. The van der Waals surface area contributed by atoms with Crippen LogP contribution in [0.15, 0.2) is 170 Å². The summed E-state index contributed by atoms with van der Waals surface area (Å²) in [6.07, 6.45) is 10.5. The Balaban J connectivity index is 0.00000264. The van der Waals surface area contributed by atoms with E-state index in [1.807, 2.05) is 0 Å². The predicted octanol–water partition coefficient (Wildman–Crippen LogP) is 8.43. The molecule has 0 spiro atoms. The molecule has 0 radical (unpaired) electrons. The first-order valence-electron chi connectivity index (χ1n) is 20.3. The van der Waals surface area contributed by atoms with Gasteiger partial charge in [-0.05, 0) is 0 Å². The number of allylic oxidation sites excluding steroid dienone is 4. The van der Waals surface area contributed by atoms with Gasteiger partial charge in [-0.15, -0.1) is 0 Å². The summed E-state index contributed by atoms with van der Waals surface area (Å²) >= 11 is 3.51. The molecule has 0 fully saturated rings. The minimum Gasteiger partial charge on any atom is -1.00 e. The van der Waals surface area contributed by atoms with Crippen LogP contribution in [0.3, 0.4) is 0 Å². The van der Waals surface area contributed by atoms with E-state index in [2.05, 4.69) is 211 Å². The third kappa shape index (κ3) is 8.10. The Morgan fingerprint density at radius 1 is 0.576 bits per heavy atom. The Hall–Kier alpha value is -4.10. The van der Waals surface area contributed by atoms with Crippen LogP contribution in [-0.4, -0.2) is 3.21 Å². The molecule has 0 N–H and O–H groups in total. The molecule has 59 heavy (non-hydrogen) atoms. The fraction of sp³-hybridized carbons (Fsp3) is 0.182. The maximum Gasteiger partial charge on any atom is -1.00 e. The molecule has 0 saturated heterocycles. The average Bonchev–Trinajstić information content (AvgIpc) is 3.88. The zero-order valence-corrected chi connectivity index (χ0v) is 39.3. The van der Waals surface area contributed by atoms with Crippen LogP contribution in [0.2, 0.25) is 8.65 Å².